The maximum Gasteiger partial charge on any atom is 0.124 e. The molecule has 2 N–H and O–H groups in total. The highest BCUT2D eigenvalue weighted by molar-refractivity contribution is 9.10. The van der Waals surface area contributed by atoms with Crippen molar-refractivity contribution in [3.8, 4) is 11.5 Å². The van der Waals surface area contributed by atoms with Gasteiger partial charge in [-0.05, 0) is 30.3 Å². The van der Waals surface area contributed by atoms with Gasteiger partial charge in [0.1, 0.15) is 11.5 Å². The first-order valence-electron chi connectivity index (χ1n) is 5.65. The Morgan fingerprint density at radius 3 is 2.68 bits per heavy atom. The molecule has 0 aliphatic rings. The van der Waals surface area contributed by atoms with Crippen LogP contribution in [0.2, 0.25) is 5.02 Å². The molecule has 5 heteroatoms. The van der Waals surface area contributed by atoms with Crippen molar-refractivity contribution in [3.63, 3.8) is 0 Å². The van der Waals surface area contributed by atoms with Crippen LogP contribution in [0.3, 0.4) is 0 Å². The number of hydrogen-bond donors (Lipinski definition) is 2. The van der Waals surface area contributed by atoms with Crippen molar-refractivity contribution >= 4 is 33.2 Å². The lowest BCUT2D eigenvalue weighted by Crippen LogP contribution is -2.00. The fourth-order valence-electron chi connectivity index (χ4n) is 1.64. The second-order valence-corrected chi connectivity index (χ2v) is 5.30. The zero-order chi connectivity index (χ0) is 13.8. The molecule has 2 aromatic rings. The van der Waals surface area contributed by atoms with Gasteiger partial charge in [-0.2, -0.15) is 0 Å². The van der Waals surface area contributed by atoms with Crippen LogP contribution < -0.4 is 10.1 Å². The van der Waals surface area contributed by atoms with Crippen LogP contribution in [0.5, 0.6) is 11.5 Å². The Kier molecular flexibility index (Phi) is 4.56. The zero-order valence-electron chi connectivity index (χ0n) is 10.3. The summed E-state index contributed by atoms with van der Waals surface area (Å²) in [6.45, 7) is 0.483. The van der Waals surface area contributed by atoms with E-state index in [4.69, 9.17) is 16.3 Å². The van der Waals surface area contributed by atoms with Gasteiger partial charge in [-0.15, -0.1) is 0 Å². The maximum atomic E-state index is 9.85. The second-order valence-electron chi connectivity index (χ2n) is 3.97. The van der Waals surface area contributed by atoms with E-state index >= 15 is 0 Å². The average molecular weight is 343 g/mol. The molecule has 0 unspecified atom stereocenters. The molecule has 2 aromatic carbocycles. The Hall–Kier alpha value is -1.39. The number of phenolic OH excluding ortho intramolecular Hbond substituents is 1. The summed E-state index contributed by atoms with van der Waals surface area (Å²) in [5, 5.41) is 13.7. The summed E-state index contributed by atoms with van der Waals surface area (Å²) in [5.74, 6) is 0.822. The predicted molar refractivity (Wildman–Crippen MR) is 81.1 cm³/mol. The molecule has 3 nitrogen and oxygen atoms in total. The normalized spacial score (nSPS) is 10.3. The first kappa shape index (κ1) is 14.0. The second kappa shape index (κ2) is 6.17. The number of halogens is 2. The van der Waals surface area contributed by atoms with Crippen LogP contribution in [0.1, 0.15) is 5.56 Å². The number of benzene rings is 2. The molecule has 19 heavy (non-hydrogen) atoms. The fourth-order valence-corrected chi connectivity index (χ4v) is 2.38. The Balaban J connectivity index is 2.10. The van der Waals surface area contributed by atoms with Gasteiger partial charge in [-0.25, -0.2) is 0 Å². The number of anilines is 1. The summed E-state index contributed by atoms with van der Waals surface area (Å²) in [7, 11) is 1.56. The van der Waals surface area contributed by atoms with Crippen molar-refractivity contribution in [1.29, 1.82) is 0 Å². The van der Waals surface area contributed by atoms with Gasteiger partial charge in [0, 0.05) is 22.6 Å². The van der Waals surface area contributed by atoms with E-state index in [-0.39, 0.29) is 5.75 Å². The quantitative estimate of drug-likeness (QED) is 0.863. The first-order chi connectivity index (χ1) is 9.10. The van der Waals surface area contributed by atoms with Crippen molar-refractivity contribution in [2.45, 2.75) is 6.54 Å². The molecule has 0 bridgehead atoms. The highest BCUT2D eigenvalue weighted by Gasteiger charge is 2.05. The van der Waals surface area contributed by atoms with Crippen LogP contribution in [0.15, 0.2) is 40.9 Å². The van der Waals surface area contributed by atoms with E-state index < -0.39 is 0 Å². The van der Waals surface area contributed by atoms with Crippen LogP contribution in [0.25, 0.3) is 0 Å². The Bertz CT molecular complexity index is 590. The van der Waals surface area contributed by atoms with E-state index in [0.29, 0.717) is 17.3 Å². The summed E-state index contributed by atoms with van der Waals surface area (Å²) in [5.41, 5.74) is 1.60. The van der Waals surface area contributed by atoms with Crippen molar-refractivity contribution in [1.82, 2.24) is 0 Å². The van der Waals surface area contributed by atoms with E-state index in [1.807, 2.05) is 24.3 Å². The molecule has 0 amide bonds. The van der Waals surface area contributed by atoms with Gasteiger partial charge in [0.05, 0.1) is 17.8 Å². The van der Waals surface area contributed by atoms with Crippen molar-refractivity contribution < 1.29 is 9.84 Å². The van der Waals surface area contributed by atoms with Crippen LogP contribution >= 0.6 is 27.5 Å². The molecule has 0 fully saturated rings. The molecule has 0 atom stereocenters. The van der Waals surface area contributed by atoms with Crippen LogP contribution in [-0.2, 0) is 6.54 Å². The highest BCUT2D eigenvalue weighted by Crippen LogP contribution is 2.28. The minimum Gasteiger partial charge on any atom is -0.507 e. The molecule has 0 saturated carbocycles. The number of phenols is 1. The SMILES string of the molecule is COc1ccc(CNc2ccc(Br)cc2Cl)c(O)c1. The molecule has 0 saturated heterocycles. The molecule has 100 valence electrons. The average Bonchev–Trinajstić information content (AvgIpc) is 2.39. The molecule has 0 heterocycles. The van der Waals surface area contributed by atoms with Crippen LogP contribution in [0.4, 0.5) is 5.69 Å². The number of methoxy groups -OCH3 is 1. The van der Waals surface area contributed by atoms with Crippen LogP contribution in [-0.4, -0.2) is 12.2 Å². The lowest BCUT2D eigenvalue weighted by Gasteiger charge is -2.11. The van der Waals surface area contributed by atoms with Gasteiger partial charge >= 0.3 is 0 Å². The van der Waals surface area contributed by atoms with Gasteiger partial charge in [-0.1, -0.05) is 27.5 Å². The van der Waals surface area contributed by atoms with E-state index in [2.05, 4.69) is 21.2 Å². The third kappa shape index (κ3) is 3.55. The third-order valence-electron chi connectivity index (χ3n) is 2.69. The summed E-state index contributed by atoms with van der Waals surface area (Å²) in [6, 6.07) is 10.8. The summed E-state index contributed by atoms with van der Waals surface area (Å²) in [6.07, 6.45) is 0. The topological polar surface area (TPSA) is 41.5 Å². The van der Waals surface area contributed by atoms with Crippen molar-refractivity contribution in [2.24, 2.45) is 0 Å². The predicted octanol–water partition coefficient (Wildman–Crippen LogP) is 4.43. The van der Waals surface area contributed by atoms with Gasteiger partial charge in [0.15, 0.2) is 0 Å². The van der Waals surface area contributed by atoms with Crippen molar-refractivity contribution in [2.75, 3.05) is 12.4 Å². The van der Waals surface area contributed by atoms with Gasteiger partial charge < -0.3 is 15.2 Å². The number of aromatic hydroxyl groups is 1. The van der Waals surface area contributed by atoms with Gasteiger partial charge in [-0.3, -0.25) is 0 Å². The molecule has 0 aromatic heterocycles. The number of hydrogen-bond acceptors (Lipinski definition) is 3. The Labute approximate surface area is 125 Å². The standard InChI is InChI=1S/C14H13BrClNO2/c1-19-11-4-2-9(14(18)7-11)8-17-13-5-3-10(15)6-12(13)16/h2-7,17-18H,8H2,1H3. The number of nitrogens with one attached hydrogen (secondary N) is 1. The number of ether oxygens (including phenoxy) is 1. The van der Waals surface area contributed by atoms with Gasteiger partial charge in [0.2, 0.25) is 0 Å². The Morgan fingerprint density at radius 2 is 2.05 bits per heavy atom. The molecule has 0 aliphatic carbocycles. The monoisotopic (exact) mass is 341 g/mol. The summed E-state index contributed by atoms with van der Waals surface area (Å²) >= 11 is 9.46. The van der Waals surface area contributed by atoms with E-state index in [1.165, 1.54) is 0 Å². The summed E-state index contributed by atoms with van der Waals surface area (Å²) < 4.78 is 5.96. The lowest BCUT2D eigenvalue weighted by atomic mass is 10.2. The minimum absolute atomic E-state index is 0.195. The largest absolute Gasteiger partial charge is 0.507 e. The van der Waals surface area contributed by atoms with Crippen LogP contribution in [0, 0.1) is 0 Å². The molecular weight excluding hydrogens is 330 g/mol. The molecule has 0 spiro atoms. The smallest absolute Gasteiger partial charge is 0.124 e. The molecule has 2 rings (SSSR count). The van der Waals surface area contributed by atoms with Gasteiger partial charge in [0.25, 0.3) is 0 Å². The first-order valence-corrected chi connectivity index (χ1v) is 6.82. The van der Waals surface area contributed by atoms with E-state index in [9.17, 15) is 5.11 Å². The zero-order valence-corrected chi connectivity index (χ0v) is 12.6. The van der Waals surface area contributed by atoms with E-state index in [0.717, 1.165) is 15.7 Å². The summed E-state index contributed by atoms with van der Waals surface area (Å²) in [4.78, 5) is 0. The van der Waals surface area contributed by atoms with Crippen molar-refractivity contribution in [3.05, 3.63) is 51.5 Å². The molecule has 0 aliphatic heterocycles. The molecular formula is C14H13BrClNO2. The molecule has 0 radical (unpaired) electrons. The third-order valence-corrected chi connectivity index (χ3v) is 3.50. The number of rotatable bonds is 4. The Morgan fingerprint density at radius 1 is 1.26 bits per heavy atom. The highest BCUT2D eigenvalue weighted by atomic mass is 79.9. The minimum atomic E-state index is 0.195. The maximum absolute atomic E-state index is 9.85. The fraction of sp³-hybridized carbons (Fsp3) is 0.143. The lowest BCUT2D eigenvalue weighted by molar-refractivity contribution is 0.406. The van der Waals surface area contributed by atoms with E-state index in [1.54, 1.807) is 19.2 Å².